The van der Waals surface area contributed by atoms with E-state index in [1.54, 1.807) is 0 Å². The number of benzene rings is 10. The third-order valence-corrected chi connectivity index (χ3v) is 13.3. The number of rotatable bonds is 7. The van der Waals surface area contributed by atoms with Gasteiger partial charge in [0.25, 0.3) is 0 Å². The van der Waals surface area contributed by atoms with Crippen molar-refractivity contribution in [1.82, 2.24) is 0 Å². The monoisotopic (exact) mass is 795 g/mol. The molecule has 286 valence electrons. The van der Waals surface area contributed by atoms with Gasteiger partial charge in [0.2, 0.25) is 0 Å². The summed E-state index contributed by atoms with van der Waals surface area (Å²) in [5, 5.41) is 7.40. The van der Waals surface area contributed by atoms with Crippen LogP contribution < -0.4 is 4.90 Å². The lowest BCUT2D eigenvalue weighted by molar-refractivity contribution is 0.669. The Morgan fingerprint density at radius 3 is 1.72 bits per heavy atom. The van der Waals surface area contributed by atoms with E-state index in [9.17, 15) is 0 Å². The van der Waals surface area contributed by atoms with Crippen LogP contribution in [-0.2, 0) is 0 Å². The highest BCUT2D eigenvalue weighted by atomic mass is 32.1. The van der Waals surface area contributed by atoms with Gasteiger partial charge >= 0.3 is 0 Å². The molecule has 0 aliphatic carbocycles. The molecular weight excluding hydrogens is 759 g/mol. The SMILES string of the molecule is c1cc(-c2cccc(N(c3ccc(-c4cccc5ccccc45)cc3)c3ccc(-c4cccc5oc6ccccc6c45)cc3)c2)cc(-c2cccc3c2sc2ccccc23)c1. The topological polar surface area (TPSA) is 16.4 Å². The Labute approximate surface area is 357 Å². The summed E-state index contributed by atoms with van der Waals surface area (Å²) < 4.78 is 8.91. The van der Waals surface area contributed by atoms with Crippen molar-refractivity contribution in [3.05, 3.63) is 224 Å². The third kappa shape index (κ3) is 6.09. The number of thiophene rings is 1. The first-order valence-corrected chi connectivity index (χ1v) is 21.6. The van der Waals surface area contributed by atoms with Crippen LogP contribution in [-0.4, -0.2) is 0 Å². The molecule has 2 nitrogen and oxygen atoms in total. The summed E-state index contributed by atoms with van der Waals surface area (Å²) in [4.78, 5) is 2.37. The molecule has 12 rings (SSSR count). The van der Waals surface area contributed by atoms with E-state index in [0.717, 1.165) is 55.7 Å². The van der Waals surface area contributed by atoms with Crippen LogP contribution >= 0.6 is 11.3 Å². The van der Waals surface area contributed by atoms with E-state index in [1.807, 2.05) is 23.5 Å². The molecule has 0 aliphatic rings. The summed E-state index contributed by atoms with van der Waals surface area (Å²) in [6.45, 7) is 0. The zero-order chi connectivity index (χ0) is 40.3. The highest BCUT2D eigenvalue weighted by molar-refractivity contribution is 7.26. The third-order valence-electron chi connectivity index (χ3n) is 12.1. The molecule has 12 aromatic rings. The van der Waals surface area contributed by atoms with Crippen molar-refractivity contribution in [2.45, 2.75) is 0 Å². The number of nitrogens with zero attached hydrogens (tertiary/aromatic N) is 1. The van der Waals surface area contributed by atoms with Gasteiger partial charge < -0.3 is 9.32 Å². The molecule has 0 amide bonds. The minimum absolute atomic E-state index is 0.900. The van der Waals surface area contributed by atoms with Gasteiger partial charge in [-0.1, -0.05) is 164 Å². The van der Waals surface area contributed by atoms with E-state index < -0.39 is 0 Å². The van der Waals surface area contributed by atoms with E-state index >= 15 is 0 Å². The maximum atomic E-state index is 6.26. The Hall–Kier alpha value is -7.72. The van der Waals surface area contributed by atoms with Gasteiger partial charge in [0.1, 0.15) is 11.2 Å². The van der Waals surface area contributed by atoms with Crippen molar-refractivity contribution in [2.75, 3.05) is 4.90 Å². The van der Waals surface area contributed by atoms with E-state index in [2.05, 4.69) is 217 Å². The summed E-state index contributed by atoms with van der Waals surface area (Å²) in [6, 6.07) is 81.2. The normalized spacial score (nSPS) is 11.6. The minimum Gasteiger partial charge on any atom is -0.456 e. The van der Waals surface area contributed by atoms with Crippen LogP contribution in [0.3, 0.4) is 0 Å². The molecule has 0 N–H and O–H groups in total. The maximum absolute atomic E-state index is 6.26. The zero-order valence-electron chi connectivity index (χ0n) is 33.1. The first kappa shape index (κ1) is 35.2. The molecule has 0 aliphatic heterocycles. The van der Waals surface area contributed by atoms with Crippen LogP contribution in [0, 0.1) is 0 Å². The Balaban J connectivity index is 0.961. The van der Waals surface area contributed by atoms with E-state index in [0.29, 0.717) is 0 Å². The fourth-order valence-corrected chi connectivity index (χ4v) is 10.4. The second kappa shape index (κ2) is 14.5. The number of fused-ring (bicyclic) bond motifs is 7. The summed E-state index contributed by atoms with van der Waals surface area (Å²) in [6.07, 6.45) is 0. The molecule has 0 unspecified atom stereocenters. The van der Waals surface area contributed by atoms with Gasteiger partial charge in [0.05, 0.1) is 0 Å². The van der Waals surface area contributed by atoms with E-state index in [4.69, 9.17) is 4.42 Å². The average molecular weight is 796 g/mol. The van der Waals surface area contributed by atoms with Crippen LogP contribution in [0.25, 0.3) is 97.4 Å². The summed E-state index contributed by atoms with van der Waals surface area (Å²) in [5.74, 6) is 0. The fraction of sp³-hybridized carbons (Fsp3) is 0. The second-order valence-corrected chi connectivity index (χ2v) is 16.7. The Morgan fingerprint density at radius 2 is 0.885 bits per heavy atom. The summed E-state index contributed by atoms with van der Waals surface area (Å²) in [5.41, 5.74) is 14.6. The number of para-hydroxylation sites is 1. The summed E-state index contributed by atoms with van der Waals surface area (Å²) in [7, 11) is 0. The van der Waals surface area contributed by atoms with Gasteiger partial charge in [-0.05, 0) is 116 Å². The summed E-state index contributed by atoms with van der Waals surface area (Å²) >= 11 is 1.88. The van der Waals surface area contributed by atoms with Gasteiger partial charge in [-0.2, -0.15) is 0 Å². The molecule has 0 saturated carbocycles. The lowest BCUT2D eigenvalue weighted by atomic mass is 9.97. The van der Waals surface area contributed by atoms with Crippen molar-refractivity contribution in [3.63, 3.8) is 0 Å². The molecule has 2 aromatic heterocycles. The lowest BCUT2D eigenvalue weighted by Crippen LogP contribution is -2.10. The second-order valence-electron chi connectivity index (χ2n) is 15.6. The first-order chi connectivity index (χ1) is 30.2. The predicted octanol–water partition coefficient (Wildman–Crippen LogP) is 17.2. The van der Waals surface area contributed by atoms with Gasteiger partial charge in [0, 0.05) is 48.0 Å². The van der Waals surface area contributed by atoms with Crippen LogP contribution in [0.1, 0.15) is 0 Å². The highest BCUT2D eigenvalue weighted by Gasteiger charge is 2.18. The largest absolute Gasteiger partial charge is 0.456 e. The molecule has 0 fully saturated rings. The number of anilines is 3. The molecule has 10 aromatic carbocycles. The quantitative estimate of drug-likeness (QED) is 0.160. The van der Waals surface area contributed by atoms with Crippen molar-refractivity contribution < 1.29 is 4.42 Å². The Bertz CT molecular complexity index is 3590. The van der Waals surface area contributed by atoms with E-state index in [-0.39, 0.29) is 0 Å². The van der Waals surface area contributed by atoms with Crippen molar-refractivity contribution >= 4 is 81.3 Å². The van der Waals surface area contributed by atoms with E-state index in [1.165, 1.54) is 58.8 Å². The molecule has 61 heavy (non-hydrogen) atoms. The Kier molecular flexibility index (Phi) is 8.39. The molecule has 0 radical (unpaired) electrons. The standard InChI is InChI=1S/C58H37NOS/c1-2-18-47-38(12-1)13-9-21-48(47)39-28-32-44(33-29-39)59(45-34-30-40(31-35-45)49-22-11-26-55-57(49)53-20-3-5-25-54(53)60-55)46-17-8-15-42(37-46)41-14-7-16-43(36-41)50-23-10-24-52-51-19-4-6-27-56(51)61-58(50)52/h1-37H. The van der Waals surface area contributed by atoms with Gasteiger partial charge in [0.15, 0.2) is 0 Å². The van der Waals surface area contributed by atoms with Crippen LogP contribution in [0.4, 0.5) is 17.1 Å². The van der Waals surface area contributed by atoms with Crippen LogP contribution in [0.5, 0.6) is 0 Å². The molecule has 0 bridgehead atoms. The highest BCUT2D eigenvalue weighted by Crippen LogP contribution is 2.43. The zero-order valence-corrected chi connectivity index (χ0v) is 33.9. The average Bonchev–Trinajstić information content (AvgIpc) is 3.91. The number of hydrogen-bond acceptors (Lipinski definition) is 3. The molecule has 2 heterocycles. The fourth-order valence-electron chi connectivity index (χ4n) is 9.19. The molecule has 0 atom stereocenters. The van der Waals surface area contributed by atoms with Crippen LogP contribution in [0.2, 0.25) is 0 Å². The van der Waals surface area contributed by atoms with Crippen LogP contribution in [0.15, 0.2) is 229 Å². The van der Waals surface area contributed by atoms with Crippen molar-refractivity contribution in [2.24, 2.45) is 0 Å². The van der Waals surface area contributed by atoms with Gasteiger partial charge in [-0.25, -0.2) is 0 Å². The van der Waals surface area contributed by atoms with Crippen molar-refractivity contribution in [1.29, 1.82) is 0 Å². The first-order valence-electron chi connectivity index (χ1n) is 20.7. The molecule has 0 saturated heterocycles. The maximum Gasteiger partial charge on any atom is 0.136 e. The Morgan fingerprint density at radius 1 is 0.328 bits per heavy atom. The van der Waals surface area contributed by atoms with Gasteiger partial charge in [-0.3, -0.25) is 0 Å². The minimum atomic E-state index is 0.900. The molecule has 3 heteroatoms. The smallest absolute Gasteiger partial charge is 0.136 e. The van der Waals surface area contributed by atoms with Gasteiger partial charge in [-0.15, -0.1) is 11.3 Å². The lowest BCUT2D eigenvalue weighted by Gasteiger charge is -2.26. The number of furan rings is 1. The van der Waals surface area contributed by atoms with Crippen molar-refractivity contribution in [3.8, 4) is 44.5 Å². The molecular formula is C58H37NOS. The number of hydrogen-bond donors (Lipinski definition) is 0. The molecule has 0 spiro atoms. The predicted molar refractivity (Wildman–Crippen MR) is 261 cm³/mol.